The summed E-state index contributed by atoms with van der Waals surface area (Å²) >= 11 is 0. The fourth-order valence-corrected chi connectivity index (χ4v) is 3.47. The van der Waals surface area contributed by atoms with E-state index in [0.29, 0.717) is 24.4 Å². The largest absolute Gasteiger partial charge is 0.315 e. The molecular weight excluding hydrogens is 262 g/mol. The molecule has 17 heavy (non-hydrogen) atoms. The van der Waals surface area contributed by atoms with Crippen LogP contribution in [0.4, 0.5) is 0 Å². The Bertz CT molecular complexity index is 478. The van der Waals surface area contributed by atoms with Crippen molar-refractivity contribution in [3.63, 3.8) is 0 Å². The number of hydrogen-bond acceptors (Lipinski definition) is 5. The van der Waals surface area contributed by atoms with E-state index >= 15 is 0 Å². The van der Waals surface area contributed by atoms with Crippen molar-refractivity contribution in [2.75, 3.05) is 13.1 Å². The molecule has 1 atom stereocenters. The lowest BCUT2D eigenvalue weighted by Crippen LogP contribution is -2.26. The summed E-state index contributed by atoms with van der Waals surface area (Å²) in [7, 11) is -3.37. The number of hydrogen-bond donors (Lipinski definition) is 1. The van der Waals surface area contributed by atoms with Gasteiger partial charge in [0.15, 0.2) is 0 Å². The van der Waals surface area contributed by atoms with E-state index in [1.165, 1.54) is 0 Å². The maximum atomic E-state index is 12.2. The zero-order valence-electron chi connectivity index (χ0n) is 9.80. The average molecular weight is 278 g/mol. The Hall–Kier alpha value is -0.720. The number of nitrogens with one attached hydrogen (secondary N) is 1. The molecule has 0 aliphatic carbocycles. The topological polar surface area (TPSA) is 72.0 Å². The fourth-order valence-electron chi connectivity index (χ4n) is 1.86. The van der Waals surface area contributed by atoms with E-state index in [-0.39, 0.29) is 22.8 Å². The second-order valence-electron chi connectivity index (χ2n) is 4.09. The molecule has 1 saturated heterocycles. The first-order valence-electron chi connectivity index (χ1n) is 5.27. The molecule has 7 heteroatoms. The van der Waals surface area contributed by atoms with Gasteiger partial charge in [-0.1, -0.05) is 0 Å². The van der Waals surface area contributed by atoms with Gasteiger partial charge in [-0.2, -0.15) is 0 Å². The summed E-state index contributed by atoms with van der Waals surface area (Å²) in [6, 6.07) is 1.77. The molecule has 1 N–H and O–H groups in total. The van der Waals surface area contributed by atoms with Gasteiger partial charge in [-0.05, 0) is 32.9 Å². The van der Waals surface area contributed by atoms with Crippen LogP contribution in [0.1, 0.15) is 17.8 Å². The number of sulfone groups is 1. The summed E-state index contributed by atoms with van der Waals surface area (Å²) < 4.78 is 24.3. The van der Waals surface area contributed by atoms with Crippen LogP contribution >= 0.6 is 12.4 Å². The second kappa shape index (κ2) is 5.29. The van der Waals surface area contributed by atoms with Crippen molar-refractivity contribution in [2.45, 2.75) is 30.7 Å². The van der Waals surface area contributed by atoms with E-state index in [4.69, 9.17) is 0 Å². The minimum atomic E-state index is -3.37. The molecule has 0 aromatic carbocycles. The first-order chi connectivity index (χ1) is 7.50. The van der Waals surface area contributed by atoms with Crippen LogP contribution in [0.15, 0.2) is 11.2 Å². The van der Waals surface area contributed by atoms with Crippen LogP contribution in [0.25, 0.3) is 0 Å². The molecule has 0 amide bonds. The highest BCUT2D eigenvalue weighted by Gasteiger charge is 2.32. The van der Waals surface area contributed by atoms with Crippen molar-refractivity contribution in [1.82, 2.24) is 15.3 Å². The molecule has 1 fully saturated rings. The van der Waals surface area contributed by atoms with Crippen LogP contribution in [-0.2, 0) is 9.84 Å². The minimum absolute atomic E-state index is 0. The van der Waals surface area contributed by atoms with Gasteiger partial charge in [-0.25, -0.2) is 18.4 Å². The number of halogens is 1. The molecule has 1 aromatic rings. The molecule has 1 aliphatic heterocycles. The molecule has 0 unspecified atom stereocenters. The third-order valence-electron chi connectivity index (χ3n) is 2.67. The molecule has 0 radical (unpaired) electrons. The summed E-state index contributed by atoms with van der Waals surface area (Å²) in [5.74, 6) is 0. The van der Waals surface area contributed by atoms with Crippen LogP contribution in [0, 0.1) is 13.8 Å². The van der Waals surface area contributed by atoms with E-state index in [2.05, 4.69) is 15.3 Å². The van der Waals surface area contributed by atoms with Crippen molar-refractivity contribution < 1.29 is 8.42 Å². The van der Waals surface area contributed by atoms with Gasteiger partial charge in [-0.3, -0.25) is 0 Å². The Labute approximate surface area is 107 Å². The van der Waals surface area contributed by atoms with E-state index in [1.54, 1.807) is 19.9 Å². The summed E-state index contributed by atoms with van der Waals surface area (Å²) in [5.41, 5.74) is 1.38. The molecule has 0 bridgehead atoms. The van der Waals surface area contributed by atoms with Gasteiger partial charge >= 0.3 is 0 Å². The Morgan fingerprint density at radius 2 is 1.88 bits per heavy atom. The standard InChI is InChI=1S/C10H15N3O2S.ClH/c1-7-5-8(2)13-10(12-7)16(14,15)9-3-4-11-6-9;/h5,9,11H,3-4,6H2,1-2H3;1H/t9-;/m1./s1. The quantitative estimate of drug-likeness (QED) is 0.804. The van der Waals surface area contributed by atoms with Gasteiger partial charge in [0.25, 0.3) is 0 Å². The van der Waals surface area contributed by atoms with E-state index < -0.39 is 9.84 Å². The summed E-state index contributed by atoms with van der Waals surface area (Å²) in [5, 5.41) is 2.63. The third-order valence-corrected chi connectivity index (χ3v) is 4.64. The molecule has 2 rings (SSSR count). The first kappa shape index (κ1) is 14.3. The minimum Gasteiger partial charge on any atom is -0.315 e. The van der Waals surface area contributed by atoms with Gasteiger partial charge in [0.2, 0.25) is 15.0 Å². The first-order valence-corrected chi connectivity index (χ1v) is 6.81. The summed E-state index contributed by atoms with van der Waals surface area (Å²) in [4.78, 5) is 8.05. The second-order valence-corrected chi connectivity index (χ2v) is 6.21. The lowest BCUT2D eigenvalue weighted by Gasteiger charge is -2.09. The fraction of sp³-hybridized carbons (Fsp3) is 0.600. The predicted molar refractivity (Wildman–Crippen MR) is 67.2 cm³/mol. The van der Waals surface area contributed by atoms with Crippen LogP contribution < -0.4 is 5.32 Å². The van der Waals surface area contributed by atoms with Crippen LogP contribution in [0.2, 0.25) is 0 Å². The van der Waals surface area contributed by atoms with Crippen molar-refractivity contribution >= 4 is 22.2 Å². The van der Waals surface area contributed by atoms with Crippen LogP contribution in [0.3, 0.4) is 0 Å². The molecule has 1 aliphatic rings. The van der Waals surface area contributed by atoms with E-state index in [9.17, 15) is 8.42 Å². The number of aryl methyl sites for hydroxylation is 2. The van der Waals surface area contributed by atoms with Gasteiger partial charge in [0.1, 0.15) is 0 Å². The van der Waals surface area contributed by atoms with E-state index in [1.807, 2.05) is 0 Å². The smallest absolute Gasteiger partial charge is 0.247 e. The van der Waals surface area contributed by atoms with Gasteiger partial charge in [-0.15, -0.1) is 12.4 Å². The number of nitrogens with zero attached hydrogens (tertiary/aromatic N) is 2. The van der Waals surface area contributed by atoms with Crippen molar-refractivity contribution in [2.24, 2.45) is 0 Å². The summed E-state index contributed by atoms with van der Waals surface area (Å²) in [6.07, 6.45) is 0.638. The number of aromatic nitrogens is 2. The predicted octanol–water partition coefficient (Wildman–Crippen LogP) is 0.651. The van der Waals surface area contributed by atoms with Crippen molar-refractivity contribution in [3.8, 4) is 0 Å². The maximum Gasteiger partial charge on any atom is 0.247 e. The van der Waals surface area contributed by atoms with Crippen molar-refractivity contribution in [1.29, 1.82) is 0 Å². The monoisotopic (exact) mass is 277 g/mol. The number of rotatable bonds is 2. The SMILES string of the molecule is Cc1cc(C)nc(S(=O)(=O)[C@@H]2CCNC2)n1.Cl. The zero-order chi connectivity index (χ0) is 11.8. The molecule has 96 valence electrons. The van der Waals surface area contributed by atoms with Crippen LogP contribution in [0.5, 0.6) is 0 Å². The lowest BCUT2D eigenvalue weighted by molar-refractivity contribution is 0.572. The normalized spacial score (nSPS) is 20.0. The summed E-state index contributed by atoms with van der Waals surface area (Å²) in [6.45, 7) is 4.80. The van der Waals surface area contributed by atoms with Gasteiger partial charge in [0, 0.05) is 17.9 Å². The lowest BCUT2D eigenvalue weighted by atomic mass is 10.4. The van der Waals surface area contributed by atoms with E-state index in [0.717, 1.165) is 6.54 Å². The molecule has 1 aromatic heterocycles. The zero-order valence-corrected chi connectivity index (χ0v) is 11.4. The molecule has 5 nitrogen and oxygen atoms in total. The third kappa shape index (κ3) is 2.94. The molecule has 0 spiro atoms. The van der Waals surface area contributed by atoms with Crippen molar-refractivity contribution in [3.05, 3.63) is 17.5 Å². The highest BCUT2D eigenvalue weighted by atomic mass is 35.5. The molecule has 2 heterocycles. The Morgan fingerprint density at radius 3 is 2.35 bits per heavy atom. The van der Waals surface area contributed by atoms with Gasteiger partial charge in [0.05, 0.1) is 5.25 Å². The Morgan fingerprint density at radius 1 is 1.29 bits per heavy atom. The highest BCUT2D eigenvalue weighted by Crippen LogP contribution is 2.17. The van der Waals surface area contributed by atoms with Crippen LogP contribution in [-0.4, -0.2) is 36.7 Å². The van der Waals surface area contributed by atoms with Gasteiger partial charge < -0.3 is 5.32 Å². The molecular formula is C10H16ClN3O2S. The Kier molecular flexibility index (Phi) is 4.46. The Balaban J connectivity index is 0.00000144. The highest BCUT2D eigenvalue weighted by molar-refractivity contribution is 7.91. The maximum absolute atomic E-state index is 12.2. The molecule has 0 saturated carbocycles. The average Bonchev–Trinajstić information content (AvgIpc) is 2.69.